The summed E-state index contributed by atoms with van der Waals surface area (Å²) in [6, 6.07) is 11.8. The topological polar surface area (TPSA) is 102 Å². The number of anilines is 1. The van der Waals surface area contributed by atoms with Gasteiger partial charge in [0, 0.05) is 56.1 Å². The Morgan fingerprint density at radius 1 is 1.03 bits per heavy atom. The van der Waals surface area contributed by atoms with E-state index in [1.807, 2.05) is 0 Å². The van der Waals surface area contributed by atoms with Crippen molar-refractivity contribution in [2.45, 2.75) is 26.3 Å². The Morgan fingerprint density at radius 2 is 1.72 bits per heavy atom. The molecule has 9 heteroatoms. The summed E-state index contributed by atoms with van der Waals surface area (Å²) in [5, 5.41) is 10.8. The molecule has 0 spiro atoms. The van der Waals surface area contributed by atoms with Crippen molar-refractivity contribution >= 4 is 28.3 Å². The molecular formula is C23H26N4O5. The van der Waals surface area contributed by atoms with Gasteiger partial charge in [-0.15, -0.1) is 0 Å². The summed E-state index contributed by atoms with van der Waals surface area (Å²) >= 11 is 0. The predicted octanol–water partition coefficient (Wildman–Crippen LogP) is 3.31. The zero-order valence-electron chi connectivity index (χ0n) is 18.0. The van der Waals surface area contributed by atoms with Gasteiger partial charge in [0.25, 0.3) is 5.69 Å². The summed E-state index contributed by atoms with van der Waals surface area (Å²) in [6.07, 6.45) is 1.81. The van der Waals surface area contributed by atoms with E-state index >= 15 is 0 Å². The number of ketones is 1. The fraction of sp³-hybridized carbons (Fsp3) is 0.391. The summed E-state index contributed by atoms with van der Waals surface area (Å²) < 4.78 is 6.94. The first-order valence-corrected chi connectivity index (χ1v) is 10.8. The maximum Gasteiger partial charge on any atom is 0.419 e. The number of benzene rings is 2. The van der Waals surface area contributed by atoms with E-state index in [9.17, 15) is 19.7 Å². The number of oxazole rings is 1. The van der Waals surface area contributed by atoms with Crippen LogP contribution in [-0.2, 0) is 6.54 Å². The molecule has 1 aliphatic rings. The first kappa shape index (κ1) is 21.8. The molecule has 168 valence electrons. The number of rotatable bonds is 8. The summed E-state index contributed by atoms with van der Waals surface area (Å²) in [6.45, 7) is 6.63. The number of carbonyl (C=O) groups excluding carboxylic acids is 1. The second-order valence-corrected chi connectivity index (χ2v) is 8.07. The van der Waals surface area contributed by atoms with Crippen molar-refractivity contribution in [3.8, 4) is 0 Å². The highest BCUT2D eigenvalue weighted by atomic mass is 16.6. The van der Waals surface area contributed by atoms with E-state index in [0.29, 0.717) is 17.7 Å². The van der Waals surface area contributed by atoms with E-state index in [0.717, 1.165) is 56.8 Å². The zero-order chi connectivity index (χ0) is 22.7. The summed E-state index contributed by atoms with van der Waals surface area (Å²) in [7, 11) is 0. The molecule has 0 unspecified atom stereocenters. The molecule has 1 fully saturated rings. The average Bonchev–Trinajstić information content (AvgIpc) is 3.11. The van der Waals surface area contributed by atoms with E-state index in [1.165, 1.54) is 6.92 Å². The van der Waals surface area contributed by atoms with Crippen LogP contribution < -0.4 is 10.7 Å². The summed E-state index contributed by atoms with van der Waals surface area (Å²) in [5.74, 6) is -0.451. The van der Waals surface area contributed by atoms with E-state index in [1.54, 1.807) is 47.0 Å². The van der Waals surface area contributed by atoms with Crippen molar-refractivity contribution in [2.24, 2.45) is 0 Å². The molecule has 4 rings (SSSR count). The number of hydrogen-bond acceptors (Lipinski definition) is 7. The smallest absolute Gasteiger partial charge is 0.408 e. The molecule has 2 aromatic carbocycles. The van der Waals surface area contributed by atoms with Gasteiger partial charge in [-0.1, -0.05) is 0 Å². The fourth-order valence-corrected chi connectivity index (χ4v) is 4.12. The van der Waals surface area contributed by atoms with Gasteiger partial charge < -0.3 is 9.32 Å². The molecule has 1 aromatic heterocycles. The Labute approximate surface area is 185 Å². The van der Waals surface area contributed by atoms with Gasteiger partial charge >= 0.3 is 5.76 Å². The van der Waals surface area contributed by atoms with E-state index in [2.05, 4.69) is 9.80 Å². The number of non-ortho nitro benzene ring substituents is 1. The van der Waals surface area contributed by atoms with Crippen molar-refractivity contribution in [2.75, 3.05) is 37.6 Å². The van der Waals surface area contributed by atoms with Crippen LogP contribution in [0.4, 0.5) is 11.4 Å². The molecule has 1 aliphatic heterocycles. The van der Waals surface area contributed by atoms with Crippen molar-refractivity contribution in [3.05, 3.63) is 68.7 Å². The van der Waals surface area contributed by atoms with Crippen LogP contribution in [0.3, 0.4) is 0 Å². The van der Waals surface area contributed by atoms with Gasteiger partial charge in [-0.05, 0) is 56.6 Å². The van der Waals surface area contributed by atoms with E-state index in [-0.39, 0.29) is 16.4 Å². The SMILES string of the molecule is CC(=O)c1ccc2c(c1)oc(=O)n2CCCCN1CCN(c2ccc([N+](=O)[O-])cc2)CC1. The number of carbonyl (C=O) groups is 1. The number of hydrogen-bond donors (Lipinski definition) is 0. The minimum atomic E-state index is -0.391. The molecule has 32 heavy (non-hydrogen) atoms. The molecule has 3 aromatic rings. The first-order chi connectivity index (χ1) is 15.4. The third-order valence-electron chi connectivity index (χ3n) is 5.98. The van der Waals surface area contributed by atoms with Crippen LogP contribution in [0.5, 0.6) is 0 Å². The van der Waals surface area contributed by atoms with E-state index in [4.69, 9.17) is 4.42 Å². The normalized spacial score (nSPS) is 14.7. The van der Waals surface area contributed by atoms with Crippen molar-refractivity contribution in [1.29, 1.82) is 0 Å². The Balaban J connectivity index is 1.25. The number of unbranched alkanes of at least 4 members (excludes halogenated alkanes) is 1. The standard InChI is InChI=1S/C23H26N4O5/c1-17(28)18-4-9-21-22(16-18)32-23(29)26(21)11-3-2-10-24-12-14-25(15-13-24)19-5-7-20(8-6-19)27(30)31/h4-9,16H,2-3,10-15H2,1H3. The summed E-state index contributed by atoms with van der Waals surface area (Å²) in [5.41, 5.74) is 2.82. The summed E-state index contributed by atoms with van der Waals surface area (Å²) in [4.78, 5) is 38.8. The van der Waals surface area contributed by atoms with Crippen LogP contribution in [0.1, 0.15) is 30.1 Å². The van der Waals surface area contributed by atoms with Crippen molar-refractivity contribution in [3.63, 3.8) is 0 Å². The monoisotopic (exact) mass is 438 g/mol. The molecule has 0 atom stereocenters. The van der Waals surface area contributed by atoms with Gasteiger partial charge in [0.2, 0.25) is 0 Å². The van der Waals surface area contributed by atoms with Gasteiger partial charge in [0.05, 0.1) is 10.4 Å². The average molecular weight is 438 g/mol. The number of piperazine rings is 1. The fourth-order valence-electron chi connectivity index (χ4n) is 4.12. The highest BCUT2D eigenvalue weighted by molar-refractivity contribution is 5.96. The lowest BCUT2D eigenvalue weighted by Gasteiger charge is -2.36. The molecule has 0 N–H and O–H groups in total. The van der Waals surface area contributed by atoms with Crippen LogP contribution in [0.2, 0.25) is 0 Å². The van der Waals surface area contributed by atoms with Crippen LogP contribution in [0.25, 0.3) is 11.1 Å². The molecule has 0 radical (unpaired) electrons. The number of Topliss-reactive ketones (excluding diaryl/α,β-unsaturated/α-hetero) is 1. The number of nitro groups is 1. The molecule has 0 saturated carbocycles. The van der Waals surface area contributed by atoms with Crippen LogP contribution in [0, 0.1) is 10.1 Å². The molecule has 2 heterocycles. The highest BCUT2D eigenvalue weighted by Gasteiger charge is 2.18. The Kier molecular flexibility index (Phi) is 6.36. The molecule has 0 aliphatic carbocycles. The quantitative estimate of drug-likeness (QED) is 0.230. The lowest BCUT2D eigenvalue weighted by Crippen LogP contribution is -2.46. The number of nitro benzene ring substituents is 1. The molecule has 1 saturated heterocycles. The second-order valence-electron chi connectivity index (χ2n) is 8.07. The lowest BCUT2D eigenvalue weighted by molar-refractivity contribution is -0.384. The van der Waals surface area contributed by atoms with Gasteiger partial charge in [-0.25, -0.2) is 4.79 Å². The van der Waals surface area contributed by atoms with Gasteiger partial charge in [0.15, 0.2) is 11.4 Å². The Hall–Kier alpha value is -3.46. The molecular weight excluding hydrogens is 412 g/mol. The minimum Gasteiger partial charge on any atom is -0.408 e. The minimum absolute atomic E-state index is 0.0593. The van der Waals surface area contributed by atoms with Gasteiger partial charge in [0.1, 0.15) is 0 Å². The highest BCUT2D eigenvalue weighted by Crippen LogP contribution is 2.21. The van der Waals surface area contributed by atoms with Crippen LogP contribution in [-0.4, -0.2) is 52.9 Å². The maximum absolute atomic E-state index is 12.2. The van der Waals surface area contributed by atoms with Gasteiger partial charge in [-0.2, -0.15) is 0 Å². The number of aryl methyl sites for hydroxylation is 1. The maximum atomic E-state index is 12.2. The van der Waals surface area contributed by atoms with Crippen molar-refractivity contribution in [1.82, 2.24) is 9.47 Å². The second kappa shape index (κ2) is 9.35. The Morgan fingerprint density at radius 3 is 2.38 bits per heavy atom. The van der Waals surface area contributed by atoms with Crippen LogP contribution in [0.15, 0.2) is 51.7 Å². The van der Waals surface area contributed by atoms with Crippen molar-refractivity contribution < 1.29 is 14.1 Å². The third-order valence-corrected chi connectivity index (χ3v) is 5.98. The largest absolute Gasteiger partial charge is 0.419 e. The van der Waals surface area contributed by atoms with Gasteiger partial charge in [-0.3, -0.25) is 24.4 Å². The molecule has 0 bridgehead atoms. The van der Waals surface area contributed by atoms with E-state index < -0.39 is 5.76 Å². The first-order valence-electron chi connectivity index (χ1n) is 10.8. The molecule has 9 nitrogen and oxygen atoms in total. The zero-order valence-corrected chi connectivity index (χ0v) is 18.0. The third kappa shape index (κ3) is 4.72. The number of fused-ring (bicyclic) bond motifs is 1. The van der Waals surface area contributed by atoms with Crippen LogP contribution >= 0.6 is 0 Å². The lowest BCUT2D eigenvalue weighted by atomic mass is 10.1. The number of nitrogens with zero attached hydrogens (tertiary/aromatic N) is 4. The Bertz CT molecular complexity index is 1170. The predicted molar refractivity (Wildman–Crippen MR) is 121 cm³/mol. The number of aromatic nitrogens is 1. The molecule has 0 amide bonds.